The molecule has 1 atom stereocenters. The summed E-state index contributed by atoms with van der Waals surface area (Å²) >= 11 is 0. The lowest BCUT2D eigenvalue weighted by atomic mass is 9.95. The maximum absolute atomic E-state index is 12.3. The molecule has 7 nitrogen and oxygen atoms in total. The molecule has 0 radical (unpaired) electrons. The van der Waals surface area contributed by atoms with Crippen LogP contribution in [0.3, 0.4) is 0 Å². The summed E-state index contributed by atoms with van der Waals surface area (Å²) in [6, 6.07) is -0.484. The van der Waals surface area contributed by atoms with Crippen LogP contribution in [0.5, 0.6) is 0 Å². The molecule has 1 N–H and O–H groups in total. The first-order valence-corrected chi connectivity index (χ1v) is 9.22. The van der Waals surface area contributed by atoms with E-state index in [-0.39, 0.29) is 18.6 Å². The summed E-state index contributed by atoms with van der Waals surface area (Å²) in [5.74, 6) is -0.816. The highest BCUT2D eigenvalue weighted by Crippen LogP contribution is 2.22. The molecule has 0 aromatic heterocycles. The number of likely N-dealkylation sites (tertiary alicyclic amines) is 1. The zero-order valence-corrected chi connectivity index (χ0v) is 15.5. The van der Waals surface area contributed by atoms with E-state index in [4.69, 9.17) is 9.47 Å². The fourth-order valence-corrected chi connectivity index (χ4v) is 3.30. The quantitative estimate of drug-likeness (QED) is 0.784. The molecule has 0 aromatic rings. The van der Waals surface area contributed by atoms with Gasteiger partial charge in [0.1, 0.15) is 11.6 Å². The SMILES string of the molecule is CC(C)(C)OC(=O)N1CCC[C@H]1C(=O)OCC(=O)NC1CCCCC1. The van der Waals surface area contributed by atoms with E-state index >= 15 is 0 Å². The number of nitrogens with zero attached hydrogens (tertiary/aromatic N) is 1. The maximum atomic E-state index is 12.3. The average molecular weight is 354 g/mol. The number of rotatable bonds is 4. The molecule has 1 saturated heterocycles. The van der Waals surface area contributed by atoms with Gasteiger partial charge in [0.05, 0.1) is 0 Å². The Morgan fingerprint density at radius 3 is 2.36 bits per heavy atom. The van der Waals surface area contributed by atoms with Gasteiger partial charge in [-0.05, 0) is 46.5 Å². The minimum atomic E-state index is -0.669. The van der Waals surface area contributed by atoms with Crippen LogP contribution in [-0.4, -0.2) is 53.7 Å². The van der Waals surface area contributed by atoms with Gasteiger partial charge in [0, 0.05) is 12.6 Å². The summed E-state index contributed by atoms with van der Waals surface area (Å²) < 4.78 is 10.5. The van der Waals surface area contributed by atoms with Crippen molar-refractivity contribution in [1.82, 2.24) is 10.2 Å². The molecule has 2 amide bonds. The first kappa shape index (κ1) is 19.5. The van der Waals surface area contributed by atoms with Gasteiger partial charge in [-0.25, -0.2) is 9.59 Å². The Morgan fingerprint density at radius 2 is 1.72 bits per heavy atom. The highest BCUT2D eigenvalue weighted by Gasteiger charge is 2.37. The molecule has 142 valence electrons. The van der Waals surface area contributed by atoms with Crippen molar-refractivity contribution >= 4 is 18.0 Å². The lowest BCUT2D eigenvalue weighted by Crippen LogP contribution is -2.45. The van der Waals surface area contributed by atoms with Crippen molar-refractivity contribution in [2.24, 2.45) is 0 Å². The van der Waals surface area contributed by atoms with Crippen LogP contribution in [0.4, 0.5) is 4.79 Å². The number of hydrogen-bond donors (Lipinski definition) is 1. The summed E-state index contributed by atoms with van der Waals surface area (Å²) in [5.41, 5.74) is -0.617. The second-order valence-corrected chi connectivity index (χ2v) is 7.84. The normalized spacial score (nSPS) is 21.7. The number of ether oxygens (including phenoxy) is 2. The van der Waals surface area contributed by atoms with Gasteiger partial charge in [0.25, 0.3) is 5.91 Å². The number of esters is 1. The maximum Gasteiger partial charge on any atom is 0.411 e. The lowest BCUT2D eigenvalue weighted by molar-refractivity contribution is -0.153. The Hall–Kier alpha value is -1.79. The van der Waals surface area contributed by atoms with Gasteiger partial charge < -0.3 is 14.8 Å². The minimum absolute atomic E-state index is 0.185. The molecule has 0 bridgehead atoms. The van der Waals surface area contributed by atoms with Crippen molar-refractivity contribution in [3.63, 3.8) is 0 Å². The third-order valence-electron chi connectivity index (χ3n) is 4.47. The third kappa shape index (κ3) is 6.21. The zero-order chi connectivity index (χ0) is 18.4. The molecule has 2 rings (SSSR count). The molecule has 25 heavy (non-hydrogen) atoms. The Labute approximate surface area is 149 Å². The molecule has 2 aliphatic rings. The van der Waals surface area contributed by atoms with E-state index in [0.29, 0.717) is 19.4 Å². The highest BCUT2D eigenvalue weighted by atomic mass is 16.6. The Bertz CT molecular complexity index is 494. The average Bonchev–Trinajstić information content (AvgIpc) is 3.02. The predicted molar refractivity (Wildman–Crippen MR) is 91.9 cm³/mol. The van der Waals surface area contributed by atoms with Gasteiger partial charge in [-0.2, -0.15) is 0 Å². The predicted octanol–water partition coefficient (Wildman–Crippen LogP) is 2.38. The van der Waals surface area contributed by atoms with E-state index in [1.807, 2.05) is 0 Å². The van der Waals surface area contributed by atoms with Crippen LogP contribution in [0, 0.1) is 0 Å². The fraction of sp³-hybridized carbons (Fsp3) is 0.833. The van der Waals surface area contributed by atoms with Crippen LogP contribution in [0.15, 0.2) is 0 Å². The van der Waals surface area contributed by atoms with Crippen molar-refractivity contribution in [3.8, 4) is 0 Å². The van der Waals surface area contributed by atoms with Crippen molar-refractivity contribution in [1.29, 1.82) is 0 Å². The summed E-state index contributed by atoms with van der Waals surface area (Å²) in [5, 5.41) is 2.91. The third-order valence-corrected chi connectivity index (χ3v) is 4.47. The van der Waals surface area contributed by atoms with E-state index in [2.05, 4.69) is 5.32 Å². The largest absolute Gasteiger partial charge is 0.454 e. The van der Waals surface area contributed by atoms with Crippen molar-refractivity contribution in [3.05, 3.63) is 0 Å². The molecule has 2 fully saturated rings. The smallest absolute Gasteiger partial charge is 0.411 e. The molecule has 1 aliphatic carbocycles. The van der Waals surface area contributed by atoms with Gasteiger partial charge in [-0.3, -0.25) is 9.69 Å². The molecular weight excluding hydrogens is 324 g/mol. The number of nitrogens with one attached hydrogen (secondary N) is 1. The minimum Gasteiger partial charge on any atom is -0.454 e. The molecule has 1 aliphatic heterocycles. The van der Waals surface area contributed by atoms with E-state index in [0.717, 1.165) is 25.7 Å². The zero-order valence-electron chi connectivity index (χ0n) is 15.5. The first-order chi connectivity index (χ1) is 11.8. The standard InChI is InChI=1S/C18H30N2O5/c1-18(2,3)25-17(23)20-11-7-10-14(20)16(22)24-12-15(21)19-13-8-5-4-6-9-13/h13-14H,4-12H2,1-3H3,(H,19,21)/t14-/m0/s1. The van der Waals surface area contributed by atoms with Gasteiger partial charge in [0.15, 0.2) is 6.61 Å². The van der Waals surface area contributed by atoms with Crippen LogP contribution in [0.25, 0.3) is 0 Å². The molecule has 1 saturated carbocycles. The Kier molecular flexibility index (Phi) is 6.67. The Morgan fingerprint density at radius 1 is 1.04 bits per heavy atom. The van der Waals surface area contributed by atoms with Gasteiger partial charge in [-0.15, -0.1) is 0 Å². The van der Waals surface area contributed by atoms with E-state index < -0.39 is 23.7 Å². The van der Waals surface area contributed by atoms with Crippen LogP contribution >= 0.6 is 0 Å². The second kappa shape index (κ2) is 8.54. The van der Waals surface area contributed by atoms with E-state index in [9.17, 15) is 14.4 Å². The molecule has 0 unspecified atom stereocenters. The molecule has 1 heterocycles. The van der Waals surface area contributed by atoms with Crippen molar-refractivity contribution in [2.45, 2.75) is 83.4 Å². The van der Waals surface area contributed by atoms with E-state index in [1.165, 1.54) is 11.3 Å². The number of carbonyl (C=O) groups excluding carboxylic acids is 3. The summed E-state index contributed by atoms with van der Waals surface area (Å²) in [6.45, 7) is 5.51. The Balaban J connectivity index is 1.78. The van der Waals surface area contributed by atoms with Crippen LogP contribution in [0.2, 0.25) is 0 Å². The topological polar surface area (TPSA) is 84.9 Å². The van der Waals surface area contributed by atoms with Gasteiger partial charge in [-0.1, -0.05) is 19.3 Å². The molecule has 0 aromatic carbocycles. The summed E-state index contributed by atoms with van der Waals surface area (Å²) in [4.78, 5) is 37.8. The monoisotopic (exact) mass is 354 g/mol. The number of carbonyl (C=O) groups is 3. The van der Waals surface area contributed by atoms with Crippen molar-refractivity contribution < 1.29 is 23.9 Å². The number of amides is 2. The molecular formula is C18H30N2O5. The first-order valence-electron chi connectivity index (χ1n) is 9.22. The molecule has 7 heteroatoms. The number of hydrogen-bond acceptors (Lipinski definition) is 5. The fourth-order valence-electron chi connectivity index (χ4n) is 3.30. The second-order valence-electron chi connectivity index (χ2n) is 7.84. The van der Waals surface area contributed by atoms with Crippen LogP contribution in [0.1, 0.15) is 65.7 Å². The highest BCUT2D eigenvalue weighted by molar-refractivity contribution is 5.85. The van der Waals surface area contributed by atoms with Crippen LogP contribution in [-0.2, 0) is 19.1 Å². The van der Waals surface area contributed by atoms with Crippen LogP contribution < -0.4 is 5.32 Å². The van der Waals surface area contributed by atoms with Gasteiger partial charge in [0.2, 0.25) is 0 Å². The summed E-state index contributed by atoms with van der Waals surface area (Å²) in [6.07, 6.45) is 6.15. The van der Waals surface area contributed by atoms with E-state index in [1.54, 1.807) is 20.8 Å². The van der Waals surface area contributed by atoms with Gasteiger partial charge >= 0.3 is 12.1 Å². The molecule has 0 spiro atoms. The van der Waals surface area contributed by atoms with Crippen molar-refractivity contribution in [2.75, 3.05) is 13.2 Å². The lowest BCUT2D eigenvalue weighted by Gasteiger charge is -2.27. The summed E-state index contributed by atoms with van der Waals surface area (Å²) in [7, 11) is 0.